The average Bonchev–Trinajstić information content (AvgIpc) is 2.46. The first-order chi connectivity index (χ1) is 9.74. The maximum Gasteiger partial charge on any atom is 0.192 e. The van der Waals surface area contributed by atoms with Gasteiger partial charge in [0.25, 0.3) is 0 Å². The third-order valence-corrected chi connectivity index (χ3v) is 3.67. The fraction of sp³-hybridized carbons (Fsp3) is 0.286. The van der Waals surface area contributed by atoms with Crippen molar-refractivity contribution in [3.05, 3.63) is 35.7 Å². The summed E-state index contributed by atoms with van der Waals surface area (Å²) < 4.78 is 11.1. The normalized spacial score (nSPS) is 13.3. The third-order valence-electron chi connectivity index (χ3n) is 2.82. The smallest absolute Gasteiger partial charge is 0.192 e. The van der Waals surface area contributed by atoms with Gasteiger partial charge in [-0.05, 0) is 43.0 Å². The molecule has 0 spiro atoms. The number of aryl methyl sites for hydroxylation is 1. The summed E-state index contributed by atoms with van der Waals surface area (Å²) in [5.41, 5.74) is 7.40. The van der Waals surface area contributed by atoms with Gasteiger partial charge in [-0.1, -0.05) is 0 Å². The van der Waals surface area contributed by atoms with E-state index < -0.39 is 0 Å². The second-order valence-corrected chi connectivity index (χ2v) is 5.44. The van der Waals surface area contributed by atoms with Crippen LogP contribution in [0.1, 0.15) is 11.4 Å². The highest BCUT2D eigenvalue weighted by atomic mass is 32.2. The molecule has 6 heteroatoms. The molecule has 104 valence electrons. The van der Waals surface area contributed by atoms with Crippen LogP contribution in [-0.2, 0) is 6.54 Å². The number of aromatic nitrogens is 2. The molecule has 2 aromatic rings. The third kappa shape index (κ3) is 2.86. The molecule has 1 aliphatic rings. The highest BCUT2D eigenvalue weighted by Gasteiger charge is 2.13. The molecule has 0 radical (unpaired) electrons. The molecule has 0 saturated carbocycles. The molecule has 0 aliphatic carbocycles. The highest BCUT2D eigenvalue weighted by Crippen LogP contribution is 2.35. The first kappa shape index (κ1) is 13.2. The molecule has 0 amide bonds. The summed E-state index contributed by atoms with van der Waals surface area (Å²) in [7, 11) is 0. The minimum atomic E-state index is 0.415. The van der Waals surface area contributed by atoms with E-state index in [0.29, 0.717) is 24.9 Å². The van der Waals surface area contributed by atoms with Gasteiger partial charge in [0, 0.05) is 17.1 Å². The van der Waals surface area contributed by atoms with Crippen molar-refractivity contribution < 1.29 is 9.47 Å². The largest absolute Gasteiger partial charge is 0.486 e. The number of benzene rings is 1. The molecular weight excluding hydrogens is 274 g/mol. The second kappa shape index (κ2) is 5.68. The van der Waals surface area contributed by atoms with Gasteiger partial charge in [-0.15, -0.1) is 0 Å². The highest BCUT2D eigenvalue weighted by molar-refractivity contribution is 7.99. The zero-order valence-corrected chi connectivity index (χ0v) is 11.9. The first-order valence-electron chi connectivity index (χ1n) is 6.37. The Bertz CT molecular complexity index is 634. The lowest BCUT2D eigenvalue weighted by Gasteiger charge is -2.18. The van der Waals surface area contributed by atoms with Crippen molar-refractivity contribution in [1.82, 2.24) is 9.97 Å². The van der Waals surface area contributed by atoms with Crippen LogP contribution in [-0.4, -0.2) is 23.2 Å². The Balaban J connectivity index is 1.85. The molecule has 2 N–H and O–H groups in total. The van der Waals surface area contributed by atoms with Gasteiger partial charge < -0.3 is 15.2 Å². The van der Waals surface area contributed by atoms with Crippen LogP contribution in [0.4, 0.5) is 0 Å². The number of nitrogens with two attached hydrogens (primary N) is 1. The topological polar surface area (TPSA) is 70.3 Å². The van der Waals surface area contributed by atoms with Crippen LogP contribution in [0.2, 0.25) is 0 Å². The Morgan fingerprint density at radius 1 is 1.15 bits per heavy atom. The van der Waals surface area contributed by atoms with E-state index in [1.54, 1.807) is 0 Å². The van der Waals surface area contributed by atoms with Crippen LogP contribution in [0.25, 0.3) is 0 Å². The van der Waals surface area contributed by atoms with E-state index in [9.17, 15) is 0 Å². The molecule has 20 heavy (non-hydrogen) atoms. The second-order valence-electron chi connectivity index (χ2n) is 4.39. The summed E-state index contributed by atoms with van der Waals surface area (Å²) in [6, 6.07) is 7.74. The summed E-state index contributed by atoms with van der Waals surface area (Å²) >= 11 is 1.49. The predicted octanol–water partition coefficient (Wildman–Crippen LogP) is 2.17. The number of hydrogen-bond donors (Lipinski definition) is 1. The van der Waals surface area contributed by atoms with Crippen LogP contribution in [0.3, 0.4) is 0 Å². The minimum Gasteiger partial charge on any atom is -0.486 e. The van der Waals surface area contributed by atoms with Crippen molar-refractivity contribution in [2.45, 2.75) is 23.5 Å². The summed E-state index contributed by atoms with van der Waals surface area (Å²) in [6.07, 6.45) is 0. The Morgan fingerprint density at radius 2 is 1.95 bits per heavy atom. The molecule has 0 fully saturated rings. The lowest BCUT2D eigenvalue weighted by atomic mass is 10.3. The van der Waals surface area contributed by atoms with Crippen LogP contribution in [0, 0.1) is 6.92 Å². The predicted molar refractivity (Wildman–Crippen MR) is 76.2 cm³/mol. The van der Waals surface area contributed by atoms with Crippen LogP contribution in [0.15, 0.2) is 34.3 Å². The Kier molecular flexibility index (Phi) is 3.75. The Morgan fingerprint density at radius 3 is 2.75 bits per heavy atom. The SMILES string of the molecule is Cc1cc(CN)nc(Sc2ccc3c(c2)OCCO3)n1. The van der Waals surface area contributed by atoms with Gasteiger partial charge in [-0.3, -0.25) is 0 Å². The van der Waals surface area contributed by atoms with E-state index in [1.807, 2.05) is 31.2 Å². The van der Waals surface area contributed by atoms with Crippen molar-refractivity contribution in [3.8, 4) is 11.5 Å². The molecule has 0 bridgehead atoms. The molecular formula is C14H15N3O2S. The fourth-order valence-electron chi connectivity index (χ4n) is 1.95. The van der Waals surface area contributed by atoms with Gasteiger partial charge in [0.2, 0.25) is 0 Å². The molecule has 1 aromatic heterocycles. The van der Waals surface area contributed by atoms with Crippen LogP contribution >= 0.6 is 11.8 Å². The number of ether oxygens (including phenoxy) is 2. The quantitative estimate of drug-likeness (QED) is 0.873. The van der Waals surface area contributed by atoms with Crippen molar-refractivity contribution in [2.75, 3.05) is 13.2 Å². The van der Waals surface area contributed by atoms with E-state index in [4.69, 9.17) is 15.2 Å². The zero-order valence-electron chi connectivity index (χ0n) is 11.1. The lowest BCUT2D eigenvalue weighted by molar-refractivity contribution is 0.171. The van der Waals surface area contributed by atoms with Gasteiger partial charge in [-0.2, -0.15) is 0 Å². The van der Waals surface area contributed by atoms with Crippen molar-refractivity contribution in [3.63, 3.8) is 0 Å². The summed E-state index contributed by atoms with van der Waals surface area (Å²) in [6.45, 7) is 3.53. The monoisotopic (exact) mass is 289 g/mol. The molecule has 5 nitrogen and oxygen atoms in total. The van der Waals surface area contributed by atoms with Gasteiger partial charge in [0.1, 0.15) is 13.2 Å². The van der Waals surface area contributed by atoms with Gasteiger partial charge in [-0.25, -0.2) is 9.97 Å². The van der Waals surface area contributed by atoms with E-state index in [-0.39, 0.29) is 0 Å². The van der Waals surface area contributed by atoms with E-state index in [0.717, 1.165) is 27.8 Å². The first-order valence-corrected chi connectivity index (χ1v) is 7.18. The Hall–Kier alpha value is -1.79. The van der Waals surface area contributed by atoms with E-state index in [1.165, 1.54) is 11.8 Å². The standard InChI is InChI=1S/C14H15N3O2S/c1-9-6-10(8-15)17-14(16-9)20-11-2-3-12-13(7-11)19-5-4-18-12/h2-3,6-7H,4-5,8,15H2,1H3. The van der Waals surface area contributed by atoms with Crippen LogP contribution < -0.4 is 15.2 Å². The zero-order chi connectivity index (χ0) is 13.9. The lowest BCUT2D eigenvalue weighted by Crippen LogP contribution is -2.15. The molecule has 0 unspecified atom stereocenters. The number of fused-ring (bicyclic) bond motifs is 1. The van der Waals surface area contributed by atoms with Crippen LogP contribution in [0.5, 0.6) is 11.5 Å². The van der Waals surface area contributed by atoms with Gasteiger partial charge >= 0.3 is 0 Å². The molecule has 0 atom stereocenters. The maximum atomic E-state index is 5.64. The Labute approximate surface area is 121 Å². The average molecular weight is 289 g/mol. The molecule has 1 aromatic carbocycles. The minimum absolute atomic E-state index is 0.415. The summed E-state index contributed by atoms with van der Waals surface area (Å²) in [5, 5.41) is 0.696. The van der Waals surface area contributed by atoms with E-state index in [2.05, 4.69) is 9.97 Å². The molecule has 1 aliphatic heterocycles. The van der Waals surface area contributed by atoms with Crippen molar-refractivity contribution in [1.29, 1.82) is 0 Å². The molecule has 3 rings (SSSR count). The number of nitrogens with zero attached hydrogens (tertiary/aromatic N) is 2. The van der Waals surface area contributed by atoms with Gasteiger partial charge in [0.15, 0.2) is 16.7 Å². The van der Waals surface area contributed by atoms with Gasteiger partial charge in [0.05, 0.1) is 5.69 Å². The molecule has 2 heterocycles. The summed E-state index contributed by atoms with van der Waals surface area (Å²) in [4.78, 5) is 9.84. The van der Waals surface area contributed by atoms with Crippen molar-refractivity contribution >= 4 is 11.8 Å². The number of hydrogen-bond acceptors (Lipinski definition) is 6. The molecule has 0 saturated heterocycles. The fourth-order valence-corrected chi connectivity index (χ4v) is 2.81. The number of rotatable bonds is 3. The maximum absolute atomic E-state index is 5.64. The summed E-state index contributed by atoms with van der Waals surface area (Å²) in [5.74, 6) is 1.56. The van der Waals surface area contributed by atoms with Crippen molar-refractivity contribution in [2.24, 2.45) is 5.73 Å². The van der Waals surface area contributed by atoms with E-state index >= 15 is 0 Å².